The molecule has 1 heterocycles. The minimum atomic E-state index is -0.150. The van der Waals surface area contributed by atoms with Crippen LogP contribution in [0.1, 0.15) is 96.7 Å². The van der Waals surface area contributed by atoms with Crippen molar-refractivity contribution in [2.45, 2.75) is 71.1 Å². The van der Waals surface area contributed by atoms with Gasteiger partial charge in [-0.15, -0.1) is 0 Å². The summed E-state index contributed by atoms with van der Waals surface area (Å²) in [5, 5.41) is 1.71. The average molecular weight is 545 g/mol. The quantitative estimate of drug-likeness (QED) is 0.313. The number of nitrogens with zero attached hydrogens (tertiary/aromatic N) is 1. The van der Waals surface area contributed by atoms with E-state index in [9.17, 15) is 9.59 Å². The second kappa shape index (κ2) is 8.28. The molecule has 2 amide bonds. The van der Waals surface area contributed by atoms with E-state index in [1.165, 1.54) is 23.1 Å². The maximum absolute atomic E-state index is 13.8. The molecule has 1 aliphatic heterocycles. The predicted molar refractivity (Wildman–Crippen MR) is 149 cm³/mol. The maximum atomic E-state index is 13.8. The van der Waals surface area contributed by atoms with Gasteiger partial charge < -0.3 is 0 Å². The van der Waals surface area contributed by atoms with Crippen LogP contribution in [0.2, 0.25) is 0 Å². The molecular weight excluding hydrogens is 510 g/mol. The Kier molecular flexibility index (Phi) is 5.50. The number of hydrogen-bond acceptors (Lipinski definition) is 2. The number of amides is 2. The van der Waals surface area contributed by atoms with Crippen molar-refractivity contribution in [2.75, 3.05) is 6.54 Å². The molecule has 0 saturated heterocycles. The van der Waals surface area contributed by atoms with Gasteiger partial charge in [-0.2, -0.15) is 0 Å². The van der Waals surface area contributed by atoms with E-state index in [4.69, 9.17) is 0 Å². The molecule has 0 N–H and O–H groups in total. The standard InChI is InChI=1S/C32H34BrNO2/c1-19(2)20-9-12-25-21(17-20)10-14-27-31(3,15-6-16-32(25,27)4)18-34-29(35)23-8-5-7-22-26(33)13-11-24(28(22)23)30(34)36/h5,7-9,11-13,17,19,27H,6,10,14-16,18H2,1-4H3/t27?,31-,32-/m1/s1. The molecule has 0 radical (unpaired) electrons. The second-order valence-electron chi connectivity index (χ2n) is 12.1. The van der Waals surface area contributed by atoms with Crippen molar-refractivity contribution in [3.8, 4) is 0 Å². The van der Waals surface area contributed by atoms with Crippen molar-refractivity contribution >= 4 is 38.5 Å². The fourth-order valence-electron chi connectivity index (χ4n) is 7.81. The van der Waals surface area contributed by atoms with Crippen LogP contribution in [0.5, 0.6) is 0 Å². The van der Waals surface area contributed by atoms with Crippen LogP contribution in [0.3, 0.4) is 0 Å². The minimum absolute atomic E-state index is 0.0702. The number of carbonyl (C=O) groups excluding carboxylic acids is 2. The molecule has 186 valence electrons. The zero-order chi connectivity index (χ0) is 25.4. The molecule has 3 aliphatic rings. The van der Waals surface area contributed by atoms with Gasteiger partial charge in [-0.05, 0) is 88.6 Å². The molecule has 3 aromatic rings. The molecule has 3 nitrogen and oxygen atoms in total. The Morgan fingerprint density at radius 1 is 1.00 bits per heavy atom. The zero-order valence-corrected chi connectivity index (χ0v) is 23.2. The molecule has 3 aromatic carbocycles. The van der Waals surface area contributed by atoms with E-state index >= 15 is 0 Å². The summed E-state index contributed by atoms with van der Waals surface area (Å²) in [7, 11) is 0. The number of imide groups is 1. The molecule has 3 atom stereocenters. The van der Waals surface area contributed by atoms with Crippen molar-refractivity contribution in [1.82, 2.24) is 4.90 Å². The summed E-state index contributed by atoms with van der Waals surface area (Å²) in [6, 6.07) is 16.7. The Labute approximate surface area is 222 Å². The molecule has 4 heteroatoms. The van der Waals surface area contributed by atoms with Crippen molar-refractivity contribution < 1.29 is 9.59 Å². The summed E-state index contributed by atoms with van der Waals surface area (Å²) in [6.07, 6.45) is 5.51. The third-order valence-corrected chi connectivity index (χ3v) is 10.3. The highest BCUT2D eigenvalue weighted by atomic mass is 79.9. The monoisotopic (exact) mass is 543 g/mol. The van der Waals surface area contributed by atoms with Crippen molar-refractivity contribution in [2.24, 2.45) is 11.3 Å². The number of rotatable bonds is 3. The van der Waals surface area contributed by atoms with Gasteiger partial charge in [-0.1, -0.05) is 80.4 Å². The van der Waals surface area contributed by atoms with Gasteiger partial charge in [-0.3, -0.25) is 14.5 Å². The Morgan fingerprint density at radius 2 is 1.75 bits per heavy atom. The smallest absolute Gasteiger partial charge is 0.261 e. The lowest BCUT2D eigenvalue weighted by atomic mass is 9.49. The average Bonchev–Trinajstić information content (AvgIpc) is 2.85. The number of hydrogen-bond donors (Lipinski definition) is 0. The van der Waals surface area contributed by atoms with Crippen LogP contribution in [0.25, 0.3) is 10.8 Å². The topological polar surface area (TPSA) is 37.4 Å². The van der Waals surface area contributed by atoms with Crippen LogP contribution in [0.4, 0.5) is 0 Å². The molecule has 2 aliphatic carbocycles. The van der Waals surface area contributed by atoms with E-state index in [0.717, 1.165) is 40.9 Å². The summed E-state index contributed by atoms with van der Waals surface area (Å²) in [6.45, 7) is 9.78. The number of fused-ring (bicyclic) bond motifs is 3. The van der Waals surface area contributed by atoms with Gasteiger partial charge in [0.2, 0.25) is 0 Å². The normalized spacial score (nSPS) is 27.4. The first-order valence-electron chi connectivity index (χ1n) is 13.3. The number of carbonyl (C=O) groups is 2. The minimum Gasteiger partial charge on any atom is -0.274 e. The van der Waals surface area contributed by atoms with Gasteiger partial charge in [-0.25, -0.2) is 0 Å². The highest BCUT2D eigenvalue weighted by Gasteiger charge is 2.53. The summed E-state index contributed by atoms with van der Waals surface area (Å²) in [5.41, 5.74) is 5.64. The Hall–Kier alpha value is -2.46. The van der Waals surface area contributed by atoms with Crippen LogP contribution in [0, 0.1) is 11.3 Å². The first-order chi connectivity index (χ1) is 17.1. The highest BCUT2D eigenvalue weighted by Crippen LogP contribution is 2.58. The van der Waals surface area contributed by atoms with E-state index < -0.39 is 0 Å². The van der Waals surface area contributed by atoms with E-state index in [1.54, 1.807) is 4.90 Å². The lowest BCUT2D eigenvalue weighted by molar-refractivity contribution is 0.000255. The third kappa shape index (κ3) is 3.36. The number of aryl methyl sites for hydroxylation is 1. The fourth-order valence-corrected chi connectivity index (χ4v) is 8.27. The number of benzene rings is 3. The molecule has 1 fully saturated rings. The summed E-state index contributed by atoms with van der Waals surface area (Å²) < 4.78 is 0.911. The Bertz CT molecular complexity index is 1400. The van der Waals surface area contributed by atoms with Gasteiger partial charge in [0.05, 0.1) is 0 Å². The molecule has 1 unspecified atom stereocenters. The SMILES string of the molecule is CC(C)c1ccc2c(c1)CCC1[C@@](C)(CN3C(=O)c4cccc5c(Br)ccc(c45)C3=O)CCC[C@]21C. The van der Waals surface area contributed by atoms with Crippen LogP contribution < -0.4 is 0 Å². The number of halogens is 1. The van der Waals surface area contributed by atoms with E-state index in [2.05, 4.69) is 61.8 Å². The van der Waals surface area contributed by atoms with Crippen molar-refractivity contribution in [3.63, 3.8) is 0 Å². The molecule has 0 spiro atoms. The van der Waals surface area contributed by atoms with Gasteiger partial charge in [0.15, 0.2) is 0 Å². The molecule has 6 rings (SSSR count). The molecular formula is C32H34BrNO2. The predicted octanol–water partition coefficient (Wildman–Crippen LogP) is 8.03. The van der Waals surface area contributed by atoms with Gasteiger partial charge in [0.1, 0.15) is 0 Å². The lowest BCUT2D eigenvalue weighted by Crippen LogP contribution is -2.55. The summed E-state index contributed by atoms with van der Waals surface area (Å²) in [5.74, 6) is 0.658. The van der Waals surface area contributed by atoms with Gasteiger partial charge in [0.25, 0.3) is 11.8 Å². The first-order valence-corrected chi connectivity index (χ1v) is 14.1. The van der Waals surface area contributed by atoms with E-state index in [1.807, 2.05) is 30.3 Å². The summed E-state index contributed by atoms with van der Waals surface area (Å²) >= 11 is 3.59. The summed E-state index contributed by atoms with van der Waals surface area (Å²) in [4.78, 5) is 29.1. The van der Waals surface area contributed by atoms with Gasteiger partial charge in [0, 0.05) is 27.5 Å². The zero-order valence-electron chi connectivity index (χ0n) is 21.7. The molecule has 36 heavy (non-hydrogen) atoms. The highest BCUT2D eigenvalue weighted by molar-refractivity contribution is 9.10. The lowest BCUT2D eigenvalue weighted by Gasteiger charge is -2.56. The largest absolute Gasteiger partial charge is 0.274 e. The second-order valence-corrected chi connectivity index (χ2v) is 13.0. The Morgan fingerprint density at radius 3 is 2.50 bits per heavy atom. The maximum Gasteiger partial charge on any atom is 0.261 e. The molecule has 1 saturated carbocycles. The first kappa shape index (κ1) is 23.9. The van der Waals surface area contributed by atoms with Crippen LogP contribution in [-0.2, 0) is 11.8 Å². The van der Waals surface area contributed by atoms with E-state index in [0.29, 0.717) is 29.5 Å². The van der Waals surface area contributed by atoms with Crippen molar-refractivity contribution in [1.29, 1.82) is 0 Å². The fraction of sp³-hybridized carbons (Fsp3) is 0.438. The molecule has 0 bridgehead atoms. The van der Waals surface area contributed by atoms with Gasteiger partial charge >= 0.3 is 0 Å². The molecule has 0 aromatic heterocycles. The van der Waals surface area contributed by atoms with Crippen molar-refractivity contribution in [3.05, 3.63) is 80.8 Å². The van der Waals surface area contributed by atoms with Crippen LogP contribution in [0.15, 0.2) is 53.0 Å². The van der Waals surface area contributed by atoms with Crippen LogP contribution >= 0.6 is 15.9 Å². The third-order valence-electron chi connectivity index (χ3n) is 9.63. The van der Waals surface area contributed by atoms with E-state index in [-0.39, 0.29) is 22.6 Å². The van der Waals surface area contributed by atoms with Crippen LogP contribution in [-0.4, -0.2) is 23.3 Å². The Balaban J connectivity index is 1.37.